The van der Waals surface area contributed by atoms with Gasteiger partial charge in [0.05, 0.1) is 0 Å². The van der Waals surface area contributed by atoms with Crippen LogP contribution in [0.4, 0.5) is 8.78 Å². The molecule has 56 valence electrons. The molecule has 0 heterocycles. The predicted molar refractivity (Wildman–Crippen MR) is 30.4 cm³/mol. The number of rotatable bonds is 2. The Balaban J connectivity index is 4.38. The Labute approximate surface area is 57.4 Å². The van der Waals surface area contributed by atoms with E-state index in [1.165, 1.54) is 13.8 Å². The van der Waals surface area contributed by atoms with Crippen molar-refractivity contribution in [3.05, 3.63) is 0 Å². The number of hydrogen-bond donors (Lipinski definition) is 0. The van der Waals surface area contributed by atoms with E-state index < -0.39 is 17.6 Å². The minimum atomic E-state index is -3.81. The van der Waals surface area contributed by atoms with Crippen molar-refractivity contribution < 1.29 is 13.6 Å². The van der Waals surface area contributed by atoms with Crippen LogP contribution in [0.5, 0.6) is 0 Å². The lowest BCUT2D eigenvalue weighted by atomic mass is 10.0. The molecule has 0 aromatic rings. The Kier molecular flexibility index (Phi) is 2.47. The number of alkyl halides is 2. The fraction of sp³-hybridized carbons (Fsp3) is 0.667. The summed E-state index contributed by atoms with van der Waals surface area (Å²) in [4.78, 5) is 10.4. The monoisotopic (exact) mass is 147 g/mol. The van der Waals surface area contributed by atoms with Crippen LogP contribution in [0.1, 0.15) is 13.8 Å². The fourth-order valence-corrected chi connectivity index (χ4v) is 0.418. The van der Waals surface area contributed by atoms with Crippen LogP contribution in [0.2, 0.25) is 0 Å². The molecule has 0 aromatic heterocycles. The van der Waals surface area contributed by atoms with Gasteiger partial charge in [-0.1, -0.05) is 13.8 Å². The Morgan fingerprint density at radius 3 is 2.10 bits per heavy atom. The van der Waals surface area contributed by atoms with E-state index in [2.05, 4.69) is 0 Å². The summed E-state index contributed by atoms with van der Waals surface area (Å²) in [6.45, 7) is 2.65. The summed E-state index contributed by atoms with van der Waals surface area (Å²) in [5.74, 6) is -5.93. The van der Waals surface area contributed by atoms with Gasteiger partial charge in [0.15, 0.2) is 0 Å². The summed E-state index contributed by atoms with van der Waals surface area (Å²) in [7, 11) is 0. The van der Waals surface area contributed by atoms with Gasteiger partial charge < -0.3 is 0 Å². The minimum Gasteiger partial charge on any atom is -0.291 e. The first-order valence-electron chi connectivity index (χ1n) is 2.75. The lowest BCUT2D eigenvalue weighted by Gasteiger charge is -2.07. The molecule has 0 saturated heterocycles. The van der Waals surface area contributed by atoms with Gasteiger partial charge in [0, 0.05) is 5.92 Å². The molecule has 0 fully saturated rings. The van der Waals surface area contributed by atoms with Crippen molar-refractivity contribution in [1.29, 1.82) is 5.26 Å². The van der Waals surface area contributed by atoms with Gasteiger partial charge in [0.1, 0.15) is 6.07 Å². The molecule has 0 bridgehead atoms. The Bertz CT molecular complexity index is 181. The molecule has 0 aliphatic rings. The highest BCUT2D eigenvalue weighted by molar-refractivity contribution is 5.89. The molecule has 0 unspecified atom stereocenters. The number of ketones is 1. The molecule has 2 nitrogen and oxygen atoms in total. The molecule has 0 atom stereocenters. The van der Waals surface area contributed by atoms with Gasteiger partial charge in [-0.25, -0.2) is 0 Å². The molecule has 0 aliphatic heterocycles. The van der Waals surface area contributed by atoms with Gasteiger partial charge >= 0.3 is 5.92 Å². The number of nitrogens with zero attached hydrogens (tertiary/aromatic N) is 1. The Morgan fingerprint density at radius 1 is 1.60 bits per heavy atom. The normalized spacial score (nSPS) is 11.2. The third kappa shape index (κ3) is 1.76. The van der Waals surface area contributed by atoms with E-state index in [1.54, 1.807) is 0 Å². The summed E-state index contributed by atoms with van der Waals surface area (Å²) in [6, 6.07) is 0.640. The third-order valence-electron chi connectivity index (χ3n) is 0.974. The molecular formula is C6H7F2NO. The van der Waals surface area contributed by atoms with Gasteiger partial charge in [-0.15, -0.1) is 0 Å². The lowest BCUT2D eigenvalue weighted by Crippen LogP contribution is -2.30. The second-order valence-corrected chi connectivity index (χ2v) is 2.21. The van der Waals surface area contributed by atoms with E-state index in [0.717, 1.165) is 0 Å². The minimum absolute atomic E-state index is 0.640. The first kappa shape index (κ1) is 9.02. The molecule has 0 aromatic carbocycles. The number of Topliss-reactive ketones (excluding diaryl/α,β-unsaturated/α-hetero) is 1. The van der Waals surface area contributed by atoms with Gasteiger partial charge in [0.2, 0.25) is 5.78 Å². The first-order chi connectivity index (χ1) is 4.41. The van der Waals surface area contributed by atoms with Gasteiger partial charge in [-0.2, -0.15) is 14.0 Å². The summed E-state index contributed by atoms with van der Waals surface area (Å²) in [5, 5.41) is 7.79. The number of nitriles is 1. The van der Waals surface area contributed by atoms with E-state index in [1.807, 2.05) is 0 Å². The van der Waals surface area contributed by atoms with E-state index in [-0.39, 0.29) is 0 Å². The smallest absolute Gasteiger partial charge is 0.291 e. The van der Waals surface area contributed by atoms with Crippen LogP contribution in [0.3, 0.4) is 0 Å². The van der Waals surface area contributed by atoms with E-state index >= 15 is 0 Å². The van der Waals surface area contributed by atoms with Crippen molar-refractivity contribution in [1.82, 2.24) is 0 Å². The van der Waals surface area contributed by atoms with Crippen LogP contribution in [0.25, 0.3) is 0 Å². The molecule has 0 amide bonds. The summed E-state index contributed by atoms with van der Waals surface area (Å²) in [6.07, 6.45) is 0. The zero-order chi connectivity index (χ0) is 8.36. The number of halogens is 2. The number of carbonyl (C=O) groups is 1. The zero-order valence-corrected chi connectivity index (χ0v) is 5.69. The SMILES string of the molecule is CC(C)C(=O)C(F)(F)C#N. The molecule has 0 saturated carbocycles. The van der Waals surface area contributed by atoms with Gasteiger partial charge in [-0.05, 0) is 0 Å². The zero-order valence-electron chi connectivity index (χ0n) is 5.69. The predicted octanol–water partition coefficient (Wildman–Crippen LogP) is 1.37. The standard InChI is InChI=1S/C6H7F2NO/c1-4(2)5(10)6(7,8)3-9/h4H,1-2H3. The van der Waals surface area contributed by atoms with E-state index in [9.17, 15) is 13.6 Å². The topological polar surface area (TPSA) is 40.9 Å². The molecule has 10 heavy (non-hydrogen) atoms. The maximum Gasteiger partial charge on any atom is 0.389 e. The highest BCUT2D eigenvalue weighted by Gasteiger charge is 2.39. The van der Waals surface area contributed by atoms with Crippen molar-refractivity contribution in [2.24, 2.45) is 5.92 Å². The van der Waals surface area contributed by atoms with Crippen molar-refractivity contribution in [3.8, 4) is 6.07 Å². The molecule has 0 N–H and O–H groups in total. The van der Waals surface area contributed by atoms with Crippen LogP contribution >= 0.6 is 0 Å². The average Bonchev–Trinajstić information content (AvgIpc) is 1.86. The number of carbonyl (C=O) groups excluding carboxylic acids is 1. The van der Waals surface area contributed by atoms with Crippen LogP contribution in [0, 0.1) is 17.2 Å². The summed E-state index contributed by atoms with van der Waals surface area (Å²) in [5.41, 5.74) is 0. The fourth-order valence-electron chi connectivity index (χ4n) is 0.418. The maximum atomic E-state index is 12.1. The quantitative estimate of drug-likeness (QED) is 0.591. The molecule has 0 radical (unpaired) electrons. The molecule has 0 rings (SSSR count). The average molecular weight is 147 g/mol. The van der Waals surface area contributed by atoms with Crippen LogP contribution in [-0.2, 0) is 4.79 Å². The second-order valence-electron chi connectivity index (χ2n) is 2.21. The molecular weight excluding hydrogens is 140 g/mol. The third-order valence-corrected chi connectivity index (χ3v) is 0.974. The van der Waals surface area contributed by atoms with Crippen LogP contribution < -0.4 is 0 Å². The van der Waals surface area contributed by atoms with Crippen molar-refractivity contribution in [3.63, 3.8) is 0 Å². The van der Waals surface area contributed by atoms with Gasteiger partial charge in [0.25, 0.3) is 0 Å². The van der Waals surface area contributed by atoms with Gasteiger partial charge in [-0.3, -0.25) is 4.79 Å². The highest BCUT2D eigenvalue weighted by atomic mass is 19.3. The van der Waals surface area contributed by atoms with Crippen molar-refractivity contribution in [2.75, 3.05) is 0 Å². The first-order valence-corrected chi connectivity index (χ1v) is 2.75. The summed E-state index contributed by atoms with van der Waals surface area (Å²) < 4.78 is 24.2. The maximum absolute atomic E-state index is 12.1. The Hall–Kier alpha value is -0.980. The van der Waals surface area contributed by atoms with Crippen molar-refractivity contribution in [2.45, 2.75) is 19.8 Å². The highest BCUT2D eigenvalue weighted by Crippen LogP contribution is 2.17. The van der Waals surface area contributed by atoms with E-state index in [4.69, 9.17) is 5.26 Å². The molecule has 0 aliphatic carbocycles. The molecule has 0 spiro atoms. The second kappa shape index (κ2) is 2.74. The Morgan fingerprint density at radius 2 is 2.00 bits per heavy atom. The largest absolute Gasteiger partial charge is 0.389 e. The van der Waals surface area contributed by atoms with Crippen LogP contribution in [-0.4, -0.2) is 11.7 Å². The lowest BCUT2D eigenvalue weighted by molar-refractivity contribution is -0.139. The summed E-state index contributed by atoms with van der Waals surface area (Å²) >= 11 is 0. The van der Waals surface area contributed by atoms with Crippen LogP contribution in [0.15, 0.2) is 0 Å². The van der Waals surface area contributed by atoms with E-state index in [0.29, 0.717) is 6.07 Å². The molecule has 4 heteroatoms. The number of hydrogen-bond acceptors (Lipinski definition) is 2. The van der Waals surface area contributed by atoms with Crippen molar-refractivity contribution >= 4 is 5.78 Å².